The lowest BCUT2D eigenvalue weighted by molar-refractivity contribution is 0.208. The minimum atomic E-state index is -0.281. The van der Waals surface area contributed by atoms with Crippen molar-refractivity contribution in [3.05, 3.63) is 24.3 Å². The molecule has 0 heterocycles. The topological polar surface area (TPSA) is 20.2 Å². The smallest absolute Gasteiger partial charge is 0.0718 e. The van der Waals surface area contributed by atoms with Crippen LogP contribution in [0.2, 0.25) is 0 Å². The van der Waals surface area contributed by atoms with E-state index in [-0.39, 0.29) is 6.10 Å². The van der Waals surface area contributed by atoms with Gasteiger partial charge in [0.25, 0.3) is 0 Å². The summed E-state index contributed by atoms with van der Waals surface area (Å²) in [6.07, 6.45) is 11.9. The van der Waals surface area contributed by atoms with Crippen LogP contribution in [-0.4, -0.2) is 11.2 Å². The largest absolute Gasteiger partial charge is 0.389 e. The predicted octanol–water partition coefficient (Wildman–Crippen LogP) is 5.26. The number of aliphatic hydroxyl groups excluding tert-OH is 1. The van der Waals surface area contributed by atoms with Crippen LogP contribution in [0.3, 0.4) is 0 Å². The zero-order valence-electron chi connectivity index (χ0n) is 12.3. The van der Waals surface area contributed by atoms with E-state index in [1.165, 1.54) is 37.7 Å². The maximum absolute atomic E-state index is 8.97. The van der Waals surface area contributed by atoms with Gasteiger partial charge < -0.3 is 5.11 Å². The molecule has 1 unspecified atom stereocenters. The molecule has 0 aromatic carbocycles. The summed E-state index contributed by atoms with van der Waals surface area (Å²) < 4.78 is 0. The van der Waals surface area contributed by atoms with Crippen molar-refractivity contribution >= 4 is 0 Å². The standard InChI is InChI=1S/C8H16O.C8H16/c1-3-5-6-7-8(9)4-2;1-4-5-6-7-8(2)3/h4,8-9H,2-3,5-7H2,1H3;7H,4-6H2,1-3H3. The van der Waals surface area contributed by atoms with E-state index in [0.29, 0.717) is 0 Å². The second-order valence-corrected chi connectivity index (χ2v) is 4.72. The SMILES string of the molecule is C=CC(O)CCCCC.CCCCC=C(C)C. The quantitative estimate of drug-likeness (QED) is 0.453. The Hall–Kier alpha value is -0.560. The number of hydrogen-bond donors (Lipinski definition) is 1. The molecule has 0 bridgehead atoms. The van der Waals surface area contributed by atoms with Gasteiger partial charge in [-0.1, -0.05) is 63.7 Å². The van der Waals surface area contributed by atoms with Crippen molar-refractivity contribution in [2.75, 3.05) is 0 Å². The van der Waals surface area contributed by atoms with Crippen LogP contribution in [0, 0.1) is 0 Å². The fourth-order valence-electron chi connectivity index (χ4n) is 1.32. The van der Waals surface area contributed by atoms with Gasteiger partial charge in [0.15, 0.2) is 0 Å². The number of hydrogen-bond acceptors (Lipinski definition) is 1. The lowest BCUT2D eigenvalue weighted by atomic mass is 10.1. The Balaban J connectivity index is 0. The number of rotatable bonds is 8. The van der Waals surface area contributed by atoms with Crippen molar-refractivity contribution in [1.82, 2.24) is 0 Å². The molecule has 0 amide bonds. The summed E-state index contributed by atoms with van der Waals surface area (Å²) >= 11 is 0. The Morgan fingerprint density at radius 2 is 1.71 bits per heavy atom. The highest BCUT2D eigenvalue weighted by atomic mass is 16.3. The Labute approximate surface area is 109 Å². The van der Waals surface area contributed by atoms with Crippen molar-refractivity contribution < 1.29 is 5.11 Å². The van der Waals surface area contributed by atoms with Gasteiger partial charge in [-0.15, -0.1) is 6.58 Å². The molecule has 0 aliphatic rings. The van der Waals surface area contributed by atoms with E-state index in [1.807, 2.05) is 0 Å². The highest BCUT2D eigenvalue weighted by Gasteiger charge is 1.94. The molecule has 0 aliphatic carbocycles. The first-order valence-corrected chi connectivity index (χ1v) is 7.02. The van der Waals surface area contributed by atoms with Crippen LogP contribution >= 0.6 is 0 Å². The van der Waals surface area contributed by atoms with Crippen LogP contribution in [0.15, 0.2) is 24.3 Å². The first kappa shape index (κ1) is 18.8. The van der Waals surface area contributed by atoms with E-state index in [0.717, 1.165) is 12.8 Å². The van der Waals surface area contributed by atoms with Crippen LogP contribution in [-0.2, 0) is 0 Å². The van der Waals surface area contributed by atoms with Crippen LogP contribution in [0.1, 0.15) is 72.6 Å². The molecule has 102 valence electrons. The van der Waals surface area contributed by atoms with Gasteiger partial charge in [0.1, 0.15) is 0 Å². The number of unbranched alkanes of at least 4 members (excludes halogenated alkanes) is 4. The average molecular weight is 240 g/mol. The summed E-state index contributed by atoms with van der Waals surface area (Å²) in [5, 5.41) is 8.97. The molecule has 17 heavy (non-hydrogen) atoms. The minimum absolute atomic E-state index is 0.281. The van der Waals surface area contributed by atoms with Gasteiger partial charge in [-0.2, -0.15) is 0 Å². The molecule has 0 radical (unpaired) electrons. The fraction of sp³-hybridized carbons (Fsp3) is 0.750. The van der Waals surface area contributed by atoms with Gasteiger partial charge in [0.2, 0.25) is 0 Å². The molecule has 1 N–H and O–H groups in total. The second kappa shape index (κ2) is 15.4. The minimum Gasteiger partial charge on any atom is -0.389 e. The summed E-state index contributed by atoms with van der Waals surface area (Å²) in [6.45, 7) is 12.2. The summed E-state index contributed by atoms with van der Waals surface area (Å²) in [5.74, 6) is 0. The molecule has 0 fully saturated rings. The molecule has 1 nitrogen and oxygen atoms in total. The third-order valence-electron chi connectivity index (χ3n) is 2.49. The maximum Gasteiger partial charge on any atom is 0.0718 e. The van der Waals surface area contributed by atoms with Gasteiger partial charge >= 0.3 is 0 Å². The molecule has 0 rings (SSSR count). The second-order valence-electron chi connectivity index (χ2n) is 4.72. The first-order valence-electron chi connectivity index (χ1n) is 7.02. The van der Waals surface area contributed by atoms with Crippen LogP contribution in [0.25, 0.3) is 0 Å². The van der Waals surface area contributed by atoms with Gasteiger partial charge in [-0.25, -0.2) is 0 Å². The molecule has 0 aromatic heterocycles. The molecule has 0 saturated carbocycles. The average Bonchev–Trinajstić information content (AvgIpc) is 2.30. The molecular weight excluding hydrogens is 208 g/mol. The molecule has 1 atom stereocenters. The van der Waals surface area contributed by atoms with E-state index in [9.17, 15) is 0 Å². The molecule has 0 aliphatic heterocycles. The van der Waals surface area contributed by atoms with E-state index in [1.54, 1.807) is 6.08 Å². The van der Waals surface area contributed by atoms with Gasteiger partial charge in [0, 0.05) is 0 Å². The first-order chi connectivity index (χ1) is 8.08. The highest BCUT2D eigenvalue weighted by Crippen LogP contribution is 2.02. The lowest BCUT2D eigenvalue weighted by Crippen LogP contribution is -1.99. The summed E-state index contributed by atoms with van der Waals surface area (Å²) in [7, 11) is 0. The Morgan fingerprint density at radius 1 is 1.12 bits per heavy atom. The maximum atomic E-state index is 8.97. The monoisotopic (exact) mass is 240 g/mol. The third-order valence-corrected chi connectivity index (χ3v) is 2.49. The van der Waals surface area contributed by atoms with Gasteiger partial charge in [-0.3, -0.25) is 0 Å². The summed E-state index contributed by atoms with van der Waals surface area (Å²) in [6, 6.07) is 0. The Bertz CT molecular complexity index is 178. The Morgan fingerprint density at radius 3 is 2.12 bits per heavy atom. The molecule has 0 saturated heterocycles. The van der Waals surface area contributed by atoms with Crippen LogP contribution in [0.4, 0.5) is 0 Å². The Kier molecular flexibility index (Phi) is 17.1. The zero-order chi connectivity index (χ0) is 13.5. The van der Waals surface area contributed by atoms with Crippen molar-refractivity contribution in [3.8, 4) is 0 Å². The molecule has 1 heteroatoms. The number of aliphatic hydroxyl groups is 1. The lowest BCUT2D eigenvalue weighted by Gasteiger charge is -2.01. The van der Waals surface area contributed by atoms with Crippen LogP contribution < -0.4 is 0 Å². The fourth-order valence-corrected chi connectivity index (χ4v) is 1.32. The predicted molar refractivity (Wildman–Crippen MR) is 79.3 cm³/mol. The van der Waals surface area contributed by atoms with Crippen molar-refractivity contribution in [2.24, 2.45) is 0 Å². The summed E-state index contributed by atoms with van der Waals surface area (Å²) in [5.41, 5.74) is 1.44. The molecule has 0 spiro atoms. The zero-order valence-corrected chi connectivity index (χ0v) is 12.3. The third kappa shape index (κ3) is 21.3. The van der Waals surface area contributed by atoms with Crippen molar-refractivity contribution in [1.29, 1.82) is 0 Å². The van der Waals surface area contributed by atoms with E-state index >= 15 is 0 Å². The molecular formula is C16H32O. The van der Waals surface area contributed by atoms with Gasteiger partial charge in [0.05, 0.1) is 6.10 Å². The highest BCUT2D eigenvalue weighted by molar-refractivity contribution is 4.92. The van der Waals surface area contributed by atoms with Gasteiger partial charge in [-0.05, 0) is 26.7 Å². The van der Waals surface area contributed by atoms with Crippen LogP contribution in [0.5, 0.6) is 0 Å². The molecule has 0 aromatic rings. The van der Waals surface area contributed by atoms with E-state index in [4.69, 9.17) is 5.11 Å². The summed E-state index contributed by atoms with van der Waals surface area (Å²) in [4.78, 5) is 0. The normalized spacial score (nSPS) is 11.1. The number of allylic oxidation sites excluding steroid dienone is 2. The van der Waals surface area contributed by atoms with Crippen molar-refractivity contribution in [2.45, 2.75) is 78.7 Å². The van der Waals surface area contributed by atoms with E-state index < -0.39 is 0 Å². The van der Waals surface area contributed by atoms with Crippen molar-refractivity contribution in [3.63, 3.8) is 0 Å². The van der Waals surface area contributed by atoms with E-state index in [2.05, 4.69) is 40.3 Å².